The third kappa shape index (κ3) is 5.38. The summed E-state index contributed by atoms with van der Waals surface area (Å²) in [4.78, 5) is 17.1. The van der Waals surface area contributed by atoms with E-state index < -0.39 is 19.9 Å². The zero-order valence-corrected chi connectivity index (χ0v) is 21.2. The smallest absolute Gasteiger partial charge is 0.243 e. The van der Waals surface area contributed by atoms with Crippen molar-refractivity contribution in [2.75, 3.05) is 24.7 Å². The third-order valence-electron chi connectivity index (χ3n) is 5.78. The van der Waals surface area contributed by atoms with Crippen molar-refractivity contribution in [3.8, 4) is 11.3 Å². The number of nitrogens with one attached hydrogen (secondary N) is 1. The number of hydrogen-bond donors (Lipinski definition) is 1. The Hall–Kier alpha value is -2.60. The fraction of sp³-hybridized carbons (Fsp3) is 0.304. The van der Waals surface area contributed by atoms with Crippen molar-refractivity contribution in [2.24, 2.45) is 5.92 Å². The number of hydrogen-bond acceptors (Lipinski definition) is 7. The van der Waals surface area contributed by atoms with Gasteiger partial charge in [0.2, 0.25) is 15.9 Å². The lowest BCUT2D eigenvalue weighted by Gasteiger charge is -2.30. The monoisotopic (exact) mass is 519 g/mol. The Bertz CT molecular complexity index is 1410. The van der Waals surface area contributed by atoms with Gasteiger partial charge >= 0.3 is 0 Å². The Morgan fingerprint density at radius 2 is 1.68 bits per heavy atom. The van der Waals surface area contributed by atoms with Crippen LogP contribution in [-0.2, 0) is 24.7 Å². The molecule has 1 saturated heterocycles. The van der Waals surface area contributed by atoms with Crippen molar-refractivity contribution in [1.82, 2.24) is 9.29 Å². The topological polar surface area (TPSA) is 114 Å². The van der Waals surface area contributed by atoms with Crippen molar-refractivity contribution in [2.45, 2.75) is 29.6 Å². The number of amides is 1. The molecule has 1 aliphatic heterocycles. The molecule has 180 valence electrons. The molecule has 1 amide bonds. The average Bonchev–Trinajstić information content (AvgIpc) is 3.27. The molecule has 11 heteroatoms. The van der Waals surface area contributed by atoms with Crippen LogP contribution < -0.4 is 5.32 Å². The van der Waals surface area contributed by atoms with Gasteiger partial charge < -0.3 is 5.32 Å². The van der Waals surface area contributed by atoms with Gasteiger partial charge in [0, 0.05) is 36.2 Å². The van der Waals surface area contributed by atoms with Crippen LogP contribution in [-0.4, -0.2) is 51.4 Å². The van der Waals surface area contributed by atoms with Crippen molar-refractivity contribution in [3.05, 3.63) is 59.5 Å². The van der Waals surface area contributed by atoms with Gasteiger partial charge in [-0.25, -0.2) is 21.8 Å². The van der Waals surface area contributed by atoms with Crippen LogP contribution in [0.1, 0.15) is 18.4 Å². The number of thiazole rings is 1. The number of carbonyl (C=O) groups is 1. The van der Waals surface area contributed by atoms with E-state index in [9.17, 15) is 21.6 Å². The van der Waals surface area contributed by atoms with Gasteiger partial charge in [-0.05, 0) is 38.0 Å². The Morgan fingerprint density at radius 3 is 2.32 bits per heavy atom. The molecule has 1 aromatic heterocycles. The van der Waals surface area contributed by atoms with Gasteiger partial charge in [0.05, 0.1) is 15.5 Å². The summed E-state index contributed by atoms with van der Waals surface area (Å²) in [7, 11) is -7.38. The Balaban J connectivity index is 1.38. The number of aryl methyl sites for hydroxylation is 1. The molecule has 2 heterocycles. The minimum Gasteiger partial charge on any atom is -0.302 e. The molecular formula is C23H25N3O5S3. The van der Waals surface area contributed by atoms with E-state index in [2.05, 4.69) is 10.3 Å². The maximum Gasteiger partial charge on any atom is 0.243 e. The second-order valence-electron chi connectivity index (χ2n) is 8.32. The number of sulfonamides is 1. The predicted octanol–water partition coefficient (Wildman–Crippen LogP) is 3.56. The highest BCUT2D eigenvalue weighted by atomic mass is 32.2. The summed E-state index contributed by atoms with van der Waals surface area (Å²) < 4.78 is 50.9. The van der Waals surface area contributed by atoms with Crippen LogP contribution in [0.4, 0.5) is 5.13 Å². The molecule has 1 N–H and O–H groups in total. The number of benzene rings is 2. The lowest BCUT2D eigenvalue weighted by molar-refractivity contribution is -0.120. The largest absolute Gasteiger partial charge is 0.302 e. The maximum atomic E-state index is 13.0. The molecule has 0 atom stereocenters. The molecule has 1 aliphatic rings. The zero-order valence-electron chi connectivity index (χ0n) is 18.8. The first-order chi connectivity index (χ1) is 16.0. The number of aromatic nitrogens is 1. The molecule has 3 aromatic rings. The maximum absolute atomic E-state index is 13.0. The molecule has 8 nitrogen and oxygen atoms in total. The number of piperidine rings is 1. The first-order valence-corrected chi connectivity index (χ1v) is 14.9. The van der Waals surface area contributed by atoms with E-state index in [1.165, 1.54) is 39.9 Å². The van der Waals surface area contributed by atoms with E-state index >= 15 is 0 Å². The lowest BCUT2D eigenvalue weighted by Crippen LogP contribution is -2.41. The Labute approximate surface area is 203 Å². The highest BCUT2D eigenvalue weighted by molar-refractivity contribution is 7.91. The molecule has 0 bridgehead atoms. The van der Waals surface area contributed by atoms with Crippen LogP contribution in [0.2, 0.25) is 0 Å². The van der Waals surface area contributed by atoms with Crippen LogP contribution in [0.5, 0.6) is 0 Å². The summed E-state index contributed by atoms with van der Waals surface area (Å²) in [6.07, 6.45) is 1.77. The van der Waals surface area contributed by atoms with Gasteiger partial charge in [0.15, 0.2) is 15.0 Å². The van der Waals surface area contributed by atoms with Gasteiger partial charge in [-0.1, -0.05) is 35.9 Å². The molecule has 0 unspecified atom stereocenters. The van der Waals surface area contributed by atoms with Crippen molar-refractivity contribution in [1.29, 1.82) is 0 Å². The number of rotatable bonds is 6. The van der Waals surface area contributed by atoms with Gasteiger partial charge in [-0.15, -0.1) is 11.3 Å². The van der Waals surface area contributed by atoms with Crippen LogP contribution in [0.3, 0.4) is 0 Å². The third-order valence-corrected chi connectivity index (χ3v) is 9.54. The Kier molecular flexibility index (Phi) is 6.90. The summed E-state index contributed by atoms with van der Waals surface area (Å²) in [5, 5.41) is 5.25. The molecule has 0 spiro atoms. The summed E-state index contributed by atoms with van der Waals surface area (Å²) in [5.41, 5.74) is 2.92. The predicted molar refractivity (Wildman–Crippen MR) is 132 cm³/mol. The standard InChI is InChI=1S/C23H25N3O5S3/c1-16-6-8-17(9-7-16)21-15-32-23(24-21)25-22(27)18-10-12-26(13-11-18)34(30,31)20-5-3-4-19(14-20)33(2,28)29/h3-9,14-15,18H,10-13H2,1-2H3,(H,24,25,27). The molecule has 1 fully saturated rings. The van der Waals surface area contributed by atoms with Crippen LogP contribution in [0.25, 0.3) is 11.3 Å². The van der Waals surface area contributed by atoms with Gasteiger partial charge in [-0.3, -0.25) is 4.79 Å². The summed E-state index contributed by atoms with van der Waals surface area (Å²) in [6, 6.07) is 13.3. The average molecular weight is 520 g/mol. The molecule has 0 saturated carbocycles. The lowest BCUT2D eigenvalue weighted by atomic mass is 9.97. The van der Waals surface area contributed by atoms with Gasteiger partial charge in [0.25, 0.3) is 0 Å². The van der Waals surface area contributed by atoms with Gasteiger partial charge in [-0.2, -0.15) is 4.31 Å². The van der Waals surface area contributed by atoms with E-state index in [-0.39, 0.29) is 34.7 Å². The zero-order chi connectivity index (χ0) is 24.5. The van der Waals surface area contributed by atoms with E-state index in [1.807, 2.05) is 36.6 Å². The van der Waals surface area contributed by atoms with E-state index in [1.54, 1.807) is 0 Å². The minimum absolute atomic E-state index is 0.0451. The second-order valence-corrected chi connectivity index (χ2v) is 13.1. The number of carbonyl (C=O) groups excluding carboxylic acids is 1. The van der Waals surface area contributed by atoms with Crippen LogP contribution >= 0.6 is 11.3 Å². The molecule has 0 aliphatic carbocycles. The highest BCUT2D eigenvalue weighted by Gasteiger charge is 2.32. The molecular weight excluding hydrogens is 494 g/mol. The minimum atomic E-state index is -3.86. The van der Waals surface area contributed by atoms with Crippen molar-refractivity contribution < 1.29 is 21.6 Å². The molecule has 2 aromatic carbocycles. The highest BCUT2D eigenvalue weighted by Crippen LogP contribution is 2.28. The summed E-state index contributed by atoms with van der Waals surface area (Å²) in [5.74, 6) is -0.513. The second kappa shape index (κ2) is 9.57. The fourth-order valence-electron chi connectivity index (χ4n) is 3.77. The fourth-order valence-corrected chi connectivity index (χ4v) is 6.75. The van der Waals surface area contributed by atoms with Crippen LogP contribution in [0.15, 0.2) is 63.7 Å². The van der Waals surface area contributed by atoms with Crippen LogP contribution in [0, 0.1) is 12.8 Å². The Morgan fingerprint density at radius 1 is 1.03 bits per heavy atom. The van der Waals surface area contributed by atoms with E-state index in [4.69, 9.17) is 0 Å². The summed E-state index contributed by atoms with van der Waals surface area (Å²) in [6.45, 7) is 2.37. The van der Waals surface area contributed by atoms with Crippen molar-refractivity contribution >= 4 is 42.2 Å². The quantitative estimate of drug-likeness (QED) is 0.533. The molecule has 34 heavy (non-hydrogen) atoms. The number of nitrogens with zero attached hydrogens (tertiary/aromatic N) is 2. The van der Waals surface area contributed by atoms with Crippen molar-refractivity contribution in [3.63, 3.8) is 0 Å². The number of anilines is 1. The number of sulfone groups is 1. The molecule has 0 radical (unpaired) electrons. The van der Waals surface area contributed by atoms with E-state index in [0.717, 1.165) is 23.1 Å². The van der Waals surface area contributed by atoms with Gasteiger partial charge in [0.1, 0.15) is 0 Å². The first-order valence-electron chi connectivity index (χ1n) is 10.7. The van der Waals surface area contributed by atoms with E-state index in [0.29, 0.717) is 18.0 Å². The normalized spacial score (nSPS) is 15.8. The molecule has 4 rings (SSSR count). The summed E-state index contributed by atoms with van der Waals surface area (Å²) >= 11 is 1.35. The SMILES string of the molecule is Cc1ccc(-c2csc(NC(=O)C3CCN(S(=O)(=O)c4cccc(S(C)(=O)=O)c4)CC3)n2)cc1. The first kappa shape index (κ1) is 24.5.